The van der Waals surface area contributed by atoms with Crippen LogP contribution in [-0.4, -0.2) is 50.8 Å². The molecule has 0 aromatic heterocycles. The van der Waals surface area contributed by atoms with Crippen LogP contribution in [0.3, 0.4) is 0 Å². The number of carboxylic acid groups (broad SMARTS) is 1. The van der Waals surface area contributed by atoms with Crippen LogP contribution in [0.5, 0.6) is 0 Å². The molecular formula is C6H12N2O3SSe. The number of carbonyl (C=O) groups is 2. The summed E-state index contributed by atoms with van der Waals surface area (Å²) in [7, 11) is 0. The topological polar surface area (TPSA) is 92.4 Å². The summed E-state index contributed by atoms with van der Waals surface area (Å²) in [4.78, 5) is 21.6. The van der Waals surface area contributed by atoms with Crippen molar-refractivity contribution in [3.63, 3.8) is 0 Å². The van der Waals surface area contributed by atoms with E-state index in [-0.39, 0.29) is 5.75 Å². The molecule has 2 atom stereocenters. The van der Waals surface area contributed by atoms with E-state index in [1.165, 1.54) is 0 Å². The first-order valence-corrected chi connectivity index (χ1v) is 5.49. The molecule has 76 valence electrons. The van der Waals surface area contributed by atoms with E-state index in [1.807, 2.05) is 0 Å². The number of nitrogens with two attached hydrogens (primary N) is 1. The van der Waals surface area contributed by atoms with Crippen LogP contribution in [0, 0.1) is 0 Å². The molecule has 0 aromatic rings. The zero-order valence-electron chi connectivity index (χ0n) is 6.80. The summed E-state index contributed by atoms with van der Waals surface area (Å²) < 4.78 is 0. The number of aliphatic carboxylic acids is 1. The van der Waals surface area contributed by atoms with Crippen LogP contribution >= 0.6 is 12.6 Å². The molecule has 7 heteroatoms. The molecule has 0 fully saturated rings. The summed E-state index contributed by atoms with van der Waals surface area (Å²) in [5.74, 6) is -1.53. The summed E-state index contributed by atoms with van der Waals surface area (Å²) in [5.41, 5.74) is 5.37. The van der Waals surface area contributed by atoms with Gasteiger partial charge in [-0.25, -0.2) is 0 Å². The molecule has 13 heavy (non-hydrogen) atoms. The van der Waals surface area contributed by atoms with Gasteiger partial charge in [0.2, 0.25) is 0 Å². The van der Waals surface area contributed by atoms with Crippen molar-refractivity contribution in [3.05, 3.63) is 0 Å². The number of hydrogen-bond acceptors (Lipinski definition) is 4. The van der Waals surface area contributed by atoms with Gasteiger partial charge in [0.25, 0.3) is 0 Å². The number of rotatable bonds is 5. The molecule has 0 bridgehead atoms. The first-order valence-electron chi connectivity index (χ1n) is 3.53. The Morgan fingerprint density at radius 1 is 1.62 bits per heavy atom. The Hall–Kier alpha value is -0.231. The molecule has 0 spiro atoms. The fourth-order valence-corrected chi connectivity index (χ4v) is 1.14. The molecule has 0 saturated heterocycles. The van der Waals surface area contributed by atoms with Crippen LogP contribution in [0.15, 0.2) is 0 Å². The summed E-state index contributed by atoms with van der Waals surface area (Å²) in [5, 5.41) is 11.2. The average molecular weight is 271 g/mol. The van der Waals surface area contributed by atoms with E-state index in [0.717, 1.165) is 0 Å². The second-order valence-corrected chi connectivity index (χ2v) is 3.50. The van der Waals surface area contributed by atoms with E-state index < -0.39 is 24.0 Å². The SMILES string of the molecule is N[C@@H](C[SeH])C(=O)N[C@@H](CS)C(=O)O. The quantitative estimate of drug-likeness (QED) is 0.348. The normalized spacial score (nSPS) is 14.7. The molecule has 0 aliphatic heterocycles. The monoisotopic (exact) mass is 272 g/mol. The summed E-state index contributed by atoms with van der Waals surface area (Å²) in [6, 6.07) is -1.65. The second kappa shape index (κ2) is 6.26. The Bertz CT molecular complexity index is 202. The molecule has 0 unspecified atom stereocenters. The zero-order chi connectivity index (χ0) is 10.4. The number of hydrogen-bond donors (Lipinski definition) is 4. The Morgan fingerprint density at radius 3 is 2.46 bits per heavy atom. The van der Waals surface area contributed by atoms with Gasteiger partial charge in [-0.1, -0.05) is 0 Å². The average Bonchev–Trinajstić information content (AvgIpc) is 2.11. The standard InChI is InChI=1S/C6H12N2O3SSe/c7-3(2-13)5(9)8-4(1-12)6(10)11/h3-4,12-13H,1-2,7H2,(H,8,9)(H,10,11)/t3-,4-/m0/s1. The van der Waals surface area contributed by atoms with Crippen molar-refractivity contribution < 1.29 is 14.7 Å². The molecule has 0 heterocycles. The van der Waals surface area contributed by atoms with Gasteiger partial charge in [-0.05, 0) is 0 Å². The van der Waals surface area contributed by atoms with Crippen molar-refractivity contribution in [1.82, 2.24) is 5.32 Å². The molecule has 0 rings (SSSR count). The van der Waals surface area contributed by atoms with Gasteiger partial charge in [0.15, 0.2) is 0 Å². The third-order valence-electron chi connectivity index (χ3n) is 1.33. The van der Waals surface area contributed by atoms with Crippen LogP contribution in [0.25, 0.3) is 0 Å². The third-order valence-corrected chi connectivity index (χ3v) is 2.52. The molecule has 0 radical (unpaired) electrons. The Morgan fingerprint density at radius 2 is 2.15 bits per heavy atom. The molecule has 0 aromatic carbocycles. The maximum atomic E-state index is 11.1. The van der Waals surface area contributed by atoms with E-state index in [9.17, 15) is 9.59 Å². The van der Waals surface area contributed by atoms with E-state index in [0.29, 0.717) is 5.32 Å². The van der Waals surface area contributed by atoms with Crippen molar-refractivity contribution in [3.8, 4) is 0 Å². The third kappa shape index (κ3) is 4.52. The fourth-order valence-electron chi connectivity index (χ4n) is 0.547. The predicted molar refractivity (Wildman–Crippen MR) is 53.4 cm³/mol. The van der Waals surface area contributed by atoms with Gasteiger partial charge in [-0.15, -0.1) is 0 Å². The Labute approximate surface area is 89.7 Å². The first kappa shape index (κ1) is 12.8. The summed E-state index contributed by atoms with van der Waals surface area (Å²) in [6.45, 7) is 0. The molecule has 4 N–H and O–H groups in total. The van der Waals surface area contributed by atoms with Crippen LogP contribution in [0.2, 0.25) is 5.32 Å². The number of carbonyl (C=O) groups excluding carboxylic acids is 1. The van der Waals surface area contributed by atoms with Crippen molar-refractivity contribution in [2.45, 2.75) is 17.4 Å². The van der Waals surface area contributed by atoms with E-state index >= 15 is 0 Å². The van der Waals surface area contributed by atoms with Gasteiger partial charge in [-0.2, -0.15) is 0 Å². The predicted octanol–water partition coefficient (Wildman–Crippen LogP) is -1.87. The van der Waals surface area contributed by atoms with Gasteiger partial charge >= 0.3 is 89.4 Å². The van der Waals surface area contributed by atoms with Crippen molar-refractivity contribution in [2.24, 2.45) is 5.73 Å². The number of thiol groups is 1. The molecule has 5 nitrogen and oxygen atoms in total. The number of nitrogens with one attached hydrogen (secondary N) is 1. The van der Waals surface area contributed by atoms with Gasteiger partial charge in [0.1, 0.15) is 0 Å². The fraction of sp³-hybridized carbons (Fsp3) is 0.667. The minimum atomic E-state index is -1.11. The Balaban J connectivity index is 4.09. The number of amides is 1. The summed E-state index contributed by atoms with van der Waals surface area (Å²) >= 11 is 5.96. The van der Waals surface area contributed by atoms with Gasteiger partial charge < -0.3 is 0 Å². The molecule has 0 saturated carbocycles. The van der Waals surface area contributed by atoms with Crippen molar-refractivity contribution >= 4 is 40.5 Å². The number of carboxylic acids is 1. The molecule has 0 aliphatic rings. The van der Waals surface area contributed by atoms with Crippen LogP contribution < -0.4 is 11.1 Å². The van der Waals surface area contributed by atoms with Crippen molar-refractivity contribution in [1.29, 1.82) is 0 Å². The van der Waals surface area contributed by atoms with Crippen molar-refractivity contribution in [2.75, 3.05) is 5.75 Å². The first-order chi connectivity index (χ1) is 6.02. The molecular weight excluding hydrogens is 259 g/mol. The van der Waals surface area contributed by atoms with Crippen LogP contribution in [-0.2, 0) is 9.59 Å². The maximum absolute atomic E-state index is 11.1. The summed E-state index contributed by atoms with van der Waals surface area (Å²) in [6.07, 6.45) is 0. The van der Waals surface area contributed by atoms with Gasteiger partial charge in [-0.3, -0.25) is 0 Å². The second-order valence-electron chi connectivity index (χ2n) is 2.37. The minimum absolute atomic E-state index is 0.0480. The van der Waals surface area contributed by atoms with Gasteiger partial charge in [0.05, 0.1) is 0 Å². The molecule has 1 amide bonds. The van der Waals surface area contributed by atoms with E-state index in [4.69, 9.17) is 10.8 Å². The van der Waals surface area contributed by atoms with E-state index in [1.54, 1.807) is 0 Å². The Kier molecular flexibility index (Phi) is 6.15. The van der Waals surface area contributed by atoms with Crippen LogP contribution in [0.4, 0.5) is 0 Å². The van der Waals surface area contributed by atoms with Crippen LogP contribution in [0.1, 0.15) is 0 Å². The van der Waals surface area contributed by atoms with E-state index in [2.05, 4.69) is 34.0 Å². The molecule has 0 aliphatic carbocycles. The van der Waals surface area contributed by atoms with Gasteiger partial charge in [0, 0.05) is 0 Å². The zero-order valence-corrected chi connectivity index (χ0v) is 9.58.